The molecule has 1 heterocycles. The zero-order chi connectivity index (χ0) is 16.9. The summed E-state index contributed by atoms with van der Waals surface area (Å²) < 4.78 is 0. The third kappa shape index (κ3) is 4.13. The van der Waals surface area contributed by atoms with Crippen LogP contribution in [-0.2, 0) is 6.54 Å². The number of carbonyl (C=O) groups excluding carboxylic acids is 1. The Balaban J connectivity index is 1.62. The summed E-state index contributed by atoms with van der Waals surface area (Å²) in [5.41, 5.74) is 2.90. The van der Waals surface area contributed by atoms with Gasteiger partial charge in [0.2, 0.25) is 0 Å². The number of nitrogens with one attached hydrogen (secondary N) is 1. The first-order valence-corrected chi connectivity index (χ1v) is 8.65. The van der Waals surface area contributed by atoms with E-state index in [0.717, 1.165) is 16.8 Å². The standard InChI is InChI=1S/C18H16ClN3OS/c1-22(11-13-7-9-15(19)10-8-13)18(23)21-17-20-16(12-24-17)14-5-3-2-4-6-14/h2-10,12H,11H2,1H3,(H,20,21,23). The number of amides is 2. The molecule has 3 aromatic rings. The number of carbonyl (C=O) groups is 1. The molecule has 0 radical (unpaired) electrons. The van der Waals surface area contributed by atoms with Crippen LogP contribution in [-0.4, -0.2) is 23.0 Å². The van der Waals surface area contributed by atoms with Crippen LogP contribution < -0.4 is 5.32 Å². The molecule has 1 aromatic heterocycles. The van der Waals surface area contributed by atoms with E-state index in [-0.39, 0.29) is 6.03 Å². The Morgan fingerprint density at radius 1 is 1.17 bits per heavy atom. The average molecular weight is 358 g/mol. The molecule has 0 fully saturated rings. The van der Waals surface area contributed by atoms with Gasteiger partial charge in [0.1, 0.15) is 0 Å². The predicted octanol–water partition coefficient (Wildman–Crippen LogP) is 5.13. The predicted molar refractivity (Wildman–Crippen MR) is 99.5 cm³/mol. The average Bonchev–Trinajstić information content (AvgIpc) is 3.06. The molecule has 1 N–H and O–H groups in total. The minimum Gasteiger partial charge on any atom is -0.323 e. The number of rotatable bonds is 4. The minimum atomic E-state index is -0.195. The quantitative estimate of drug-likeness (QED) is 0.703. The number of anilines is 1. The lowest BCUT2D eigenvalue weighted by Gasteiger charge is -2.17. The second kappa shape index (κ2) is 7.47. The van der Waals surface area contributed by atoms with Crippen molar-refractivity contribution in [3.05, 3.63) is 70.6 Å². The zero-order valence-corrected chi connectivity index (χ0v) is 14.6. The molecular formula is C18H16ClN3OS. The number of hydrogen-bond donors (Lipinski definition) is 1. The fourth-order valence-electron chi connectivity index (χ4n) is 2.20. The third-order valence-electron chi connectivity index (χ3n) is 3.47. The molecule has 0 aliphatic carbocycles. The van der Waals surface area contributed by atoms with Crippen LogP contribution in [0.25, 0.3) is 11.3 Å². The van der Waals surface area contributed by atoms with Gasteiger partial charge in [-0.2, -0.15) is 0 Å². The lowest BCUT2D eigenvalue weighted by Crippen LogP contribution is -2.30. The van der Waals surface area contributed by atoms with Gasteiger partial charge in [0.25, 0.3) is 0 Å². The second-order valence-electron chi connectivity index (χ2n) is 5.32. The van der Waals surface area contributed by atoms with Crippen molar-refractivity contribution in [2.75, 3.05) is 12.4 Å². The van der Waals surface area contributed by atoms with Crippen molar-refractivity contribution in [2.45, 2.75) is 6.54 Å². The Labute approximate surface area is 149 Å². The largest absolute Gasteiger partial charge is 0.323 e. The Hall–Kier alpha value is -2.37. The lowest BCUT2D eigenvalue weighted by atomic mass is 10.2. The van der Waals surface area contributed by atoms with E-state index in [9.17, 15) is 4.79 Å². The van der Waals surface area contributed by atoms with Gasteiger partial charge in [-0.15, -0.1) is 11.3 Å². The Morgan fingerprint density at radius 2 is 1.88 bits per heavy atom. The molecule has 2 amide bonds. The highest BCUT2D eigenvalue weighted by Crippen LogP contribution is 2.24. The molecule has 0 atom stereocenters. The van der Waals surface area contributed by atoms with Crippen LogP contribution in [0.15, 0.2) is 60.0 Å². The van der Waals surface area contributed by atoms with E-state index in [1.54, 1.807) is 11.9 Å². The summed E-state index contributed by atoms with van der Waals surface area (Å²) in [7, 11) is 1.75. The van der Waals surface area contributed by atoms with E-state index < -0.39 is 0 Å². The fourth-order valence-corrected chi connectivity index (χ4v) is 3.03. The van der Waals surface area contributed by atoms with Crippen LogP contribution in [0.5, 0.6) is 0 Å². The highest BCUT2D eigenvalue weighted by atomic mass is 35.5. The van der Waals surface area contributed by atoms with Gasteiger partial charge in [0, 0.05) is 29.6 Å². The monoisotopic (exact) mass is 357 g/mol. The van der Waals surface area contributed by atoms with Gasteiger partial charge < -0.3 is 4.90 Å². The van der Waals surface area contributed by atoms with E-state index in [4.69, 9.17) is 11.6 Å². The topological polar surface area (TPSA) is 45.2 Å². The normalized spacial score (nSPS) is 10.4. The van der Waals surface area contributed by atoms with E-state index in [2.05, 4.69) is 10.3 Å². The molecule has 122 valence electrons. The highest BCUT2D eigenvalue weighted by molar-refractivity contribution is 7.14. The molecule has 0 aliphatic heterocycles. The number of aromatic nitrogens is 1. The van der Waals surface area contributed by atoms with Gasteiger partial charge in [-0.05, 0) is 17.7 Å². The van der Waals surface area contributed by atoms with Gasteiger partial charge >= 0.3 is 6.03 Å². The van der Waals surface area contributed by atoms with Crippen molar-refractivity contribution >= 4 is 34.1 Å². The molecule has 0 saturated carbocycles. The second-order valence-corrected chi connectivity index (χ2v) is 6.61. The summed E-state index contributed by atoms with van der Waals surface area (Å²) in [6.07, 6.45) is 0. The molecule has 24 heavy (non-hydrogen) atoms. The Kier molecular flexibility index (Phi) is 5.13. The summed E-state index contributed by atoms with van der Waals surface area (Å²) in [6.45, 7) is 0.500. The molecule has 0 bridgehead atoms. The molecule has 0 unspecified atom stereocenters. The van der Waals surface area contributed by atoms with E-state index in [1.807, 2.05) is 60.0 Å². The number of nitrogens with zero attached hydrogens (tertiary/aromatic N) is 2. The van der Waals surface area contributed by atoms with Crippen molar-refractivity contribution in [1.29, 1.82) is 0 Å². The Bertz CT molecular complexity index is 818. The zero-order valence-electron chi connectivity index (χ0n) is 13.1. The van der Waals surface area contributed by atoms with Gasteiger partial charge in [0.15, 0.2) is 5.13 Å². The molecule has 4 nitrogen and oxygen atoms in total. The molecular weight excluding hydrogens is 342 g/mol. The maximum absolute atomic E-state index is 12.3. The highest BCUT2D eigenvalue weighted by Gasteiger charge is 2.12. The van der Waals surface area contributed by atoms with Gasteiger partial charge in [-0.25, -0.2) is 9.78 Å². The van der Waals surface area contributed by atoms with Crippen LogP contribution in [0, 0.1) is 0 Å². The minimum absolute atomic E-state index is 0.195. The summed E-state index contributed by atoms with van der Waals surface area (Å²) in [5, 5.41) is 6.03. The van der Waals surface area contributed by atoms with Crippen LogP contribution in [0.2, 0.25) is 5.02 Å². The first kappa shape index (κ1) is 16.5. The number of thiazole rings is 1. The number of halogens is 1. The lowest BCUT2D eigenvalue weighted by molar-refractivity contribution is 0.220. The SMILES string of the molecule is CN(Cc1ccc(Cl)cc1)C(=O)Nc1nc(-c2ccccc2)cs1. The summed E-state index contributed by atoms with van der Waals surface area (Å²) in [5.74, 6) is 0. The van der Waals surface area contributed by atoms with Crippen molar-refractivity contribution < 1.29 is 4.79 Å². The molecule has 0 aliphatic rings. The molecule has 3 rings (SSSR count). The summed E-state index contributed by atoms with van der Waals surface area (Å²) in [4.78, 5) is 18.4. The third-order valence-corrected chi connectivity index (χ3v) is 4.48. The molecule has 6 heteroatoms. The Morgan fingerprint density at radius 3 is 2.58 bits per heavy atom. The number of urea groups is 1. The fraction of sp³-hybridized carbons (Fsp3) is 0.111. The van der Waals surface area contributed by atoms with Crippen molar-refractivity contribution in [3.63, 3.8) is 0 Å². The first-order valence-electron chi connectivity index (χ1n) is 7.39. The van der Waals surface area contributed by atoms with Gasteiger partial charge in [-0.1, -0.05) is 54.1 Å². The maximum Gasteiger partial charge on any atom is 0.323 e. The van der Waals surface area contributed by atoms with Gasteiger partial charge in [-0.3, -0.25) is 5.32 Å². The van der Waals surface area contributed by atoms with Crippen LogP contribution in [0.1, 0.15) is 5.56 Å². The first-order chi connectivity index (χ1) is 11.6. The van der Waals surface area contributed by atoms with E-state index >= 15 is 0 Å². The number of hydrogen-bond acceptors (Lipinski definition) is 3. The van der Waals surface area contributed by atoms with E-state index in [1.165, 1.54) is 11.3 Å². The van der Waals surface area contributed by atoms with Crippen molar-refractivity contribution in [1.82, 2.24) is 9.88 Å². The van der Waals surface area contributed by atoms with Crippen LogP contribution in [0.4, 0.5) is 9.93 Å². The van der Waals surface area contributed by atoms with Crippen molar-refractivity contribution in [2.24, 2.45) is 0 Å². The molecule has 2 aromatic carbocycles. The van der Waals surface area contributed by atoms with E-state index in [0.29, 0.717) is 16.7 Å². The van der Waals surface area contributed by atoms with Crippen molar-refractivity contribution in [3.8, 4) is 11.3 Å². The smallest absolute Gasteiger partial charge is 0.323 e. The summed E-state index contributed by atoms with van der Waals surface area (Å²) >= 11 is 7.28. The van der Waals surface area contributed by atoms with Gasteiger partial charge in [0.05, 0.1) is 5.69 Å². The summed E-state index contributed by atoms with van der Waals surface area (Å²) in [6, 6.07) is 17.1. The molecule has 0 spiro atoms. The molecule has 0 saturated heterocycles. The van der Waals surface area contributed by atoms with Crippen LogP contribution in [0.3, 0.4) is 0 Å². The maximum atomic E-state index is 12.3. The number of benzene rings is 2. The van der Waals surface area contributed by atoms with Crippen LogP contribution >= 0.6 is 22.9 Å².